The number of hydrogen-bond donors (Lipinski definition) is 2. The second kappa shape index (κ2) is 14.2. The third kappa shape index (κ3) is 9.04. The van der Waals surface area contributed by atoms with E-state index in [-0.39, 0.29) is 18.4 Å². The molecular weight excluding hydrogens is 444 g/mol. The Labute approximate surface area is 206 Å². The predicted octanol–water partition coefficient (Wildman–Crippen LogP) is 5.91. The number of thioether (sulfide) groups is 1. The summed E-state index contributed by atoms with van der Waals surface area (Å²) in [6.07, 6.45) is 4.99. The molecule has 0 saturated carbocycles. The first-order chi connectivity index (χ1) is 16.6. The highest BCUT2D eigenvalue weighted by Gasteiger charge is 2.05. The summed E-state index contributed by atoms with van der Waals surface area (Å²) in [6, 6.07) is 26.1. The van der Waals surface area contributed by atoms with Gasteiger partial charge < -0.3 is 15.4 Å². The van der Waals surface area contributed by atoms with Crippen molar-refractivity contribution in [3.8, 4) is 11.1 Å². The van der Waals surface area contributed by atoms with Crippen molar-refractivity contribution in [2.24, 2.45) is 0 Å². The van der Waals surface area contributed by atoms with Crippen molar-refractivity contribution in [1.29, 1.82) is 0 Å². The minimum Gasteiger partial charge on any atom is -0.367 e. The molecular formula is C28H32N2O3S. The van der Waals surface area contributed by atoms with Crippen LogP contribution in [0.1, 0.15) is 31.2 Å². The molecule has 178 valence electrons. The highest BCUT2D eigenvalue weighted by Crippen LogP contribution is 2.22. The van der Waals surface area contributed by atoms with Crippen molar-refractivity contribution in [2.45, 2.75) is 37.2 Å². The zero-order chi connectivity index (χ0) is 24.0. The lowest BCUT2D eigenvalue weighted by Crippen LogP contribution is -2.28. The fourth-order valence-electron chi connectivity index (χ4n) is 3.48. The molecule has 0 aliphatic carbocycles. The Balaban J connectivity index is 1.24. The average molecular weight is 477 g/mol. The fourth-order valence-corrected chi connectivity index (χ4v) is 3.89. The van der Waals surface area contributed by atoms with Crippen molar-refractivity contribution in [3.05, 3.63) is 84.4 Å². The zero-order valence-electron chi connectivity index (χ0n) is 19.6. The molecule has 0 aromatic heterocycles. The van der Waals surface area contributed by atoms with Crippen LogP contribution in [-0.2, 0) is 20.9 Å². The molecule has 2 N–H and O–H groups in total. The highest BCUT2D eigenvalue weighted by molar-refractivity contribution is 7.98. The Bertz CT molecular complexity index is 1040. The van der Waals surface area contributed by atoms with Gasteiger partial charge in [-0.3, -0.25) is 9.59 Å². The van der Waals surface area contributed by atoms with Gasteiger partial charge in [0.25, 0.3) is 0 Å². The normalized spacial score (nSPS) is 10.6. The van der Waals surface area contributed by atoms with E-state index in [1.54, 1.807) is 11.8 Å². The Morgan fingerprint density at radius 2 is 1.59 bits per heavy atom. The van der Waals surface area contributed by atoms with Crippen LogP contribution >= 0.6 is 11.8 Å². The van der Waals surface area contributed by atoms with E-state index in [2.05, 4.69) is 22.8 Å². The molecule has 3 aromatic rings. The standard InChI is InChI=1S/C28H32N2O3S/c1-34-26-16-14-22(15-17-26)20-33-21-28(32)29-18-7-3-6-13-27(31)30-25-12-8-11-24(19-25)23-9-4-2-5-10-23/h2,4-5,8-12,14-17,19H,3,6-7,13,18,20-21H2,1H3,(H,29,32)(H,30,31). The van der Waals surface area contributed by atoms with Crippen LogP contribution in [0.3, 0.4) is 0 Å². The minimum absolute atomic E-state index is 0.00760. The number of ether oxygens (including phenoxy) is 1. The van der Waals surface area contributed by atoms with E-state index in [0.29, 0.717) is 19.6 Å². The maximum absolute atomic E-state index is 12.3. The maximum Gasteiger partial charge on any atom is 0.246 e. The number of rotatable bonds is 13. The molecule has 0 aliphatic rings. The van der Waals surface area contributed by atoms with Gasteiger partial charge in [-0.2, -0.15) is 0 Å². The molecule has 0 saturated heterocycles. The molecule has 0 heterocycles. The molecule has 34 heavy (non-hydrogen) atoms. The summed E-state index contributed by atoms with van der Waals surface area (Å²) in [5.41, 5.74) is 4.05. The molecule has 3 aromatic carbocycles. The van der Waals surface area contributed by atoms with Crippen LogP contribution in [0.5, 0.6) is 0 Å². The van der Waals surface area contributed by atoms with Gasteiger partial charge in [0.1, 0.15) is 6.61 Å². The van der Waals surface area contributed by atoms with Crippen molar-refractivity contribution in [1.82, 2.24) is 5.32 Å². The number of benzene rings is 3. The van der Waals surface area contributed by atoms with Gasteiger partial charge in [-0.05, 0) is 60.1 Å². The lowest BCUT2D eigenvalue weighted by molar-refractivity contribution is -0.126. The van der Waals surface area contributed by atoms with E-state index in [1.165, 1.54) is 4.90 Å². The Hall–Kier alpha value is -3.09. The van der Waals surface area contributed by atoms with E-state index in [0.717, 1.165) is 41.6 Å². The maximum atomic E-state index is 12.3. The quantitative estimate of drug-likeness (QED) is 0.238. The van der Waals surface area contributed by atoms with Gasteiger partial charge in [0.15, 0.2) is 0 Å². The van der Waals surface area contributed by atoms with Crippen LogP contribution < -0.4 is 10.6 Å². The Kier molecular flexibility index (Phi) is 10.7. The molecule has 0 atom stereocenters. The zero-order valence-corrected chi connectivity index (χ0v) is 20.4. The lowest BCUT2D eigenvalue weighted by Gasteiger charge is -2.08. The van der Waals surface area contributed by atoms with Gasteiger partial charge in [0.05, 0.1) is 6.61 Å². The number of amides is 2. The van der Waals surface area contributed by atoms with Crippen LogP contribution in [0.4, 0.5) is 5.69 Å². The second-order valence-electron chi connectivity index (χ2n) is 8.00. The van der Waals surface area contributed by atoms with Gasteiger partial charge in [-0.25, -0.2) is 0 Å². The summed E-state index contributed by atoms with van der Waals surface area (Å²) < 4.78 is 5.49. The molecule has 0 unspecified atom stereocenters. The Morgan fingerprint density at radius 1 is 0.824 bits per heavy atom. The number of hydrogen-bond acceptors (Lipinski definition) is 4. The number of anilines is 1. The summed E-state index contributed by atoms with van der Waals surface area (Å²) in [5.74, 6) is -0.106. The molecule has 0 spiro atoms. The van der Waals surface area contributed by atoms with Crippen LogP contribution in [0.2, 0.25) is 0 Å². The van der Waals surface area contributed by atoms with E-state index >= 15 is 0 Å². The first-order valence-corrected chi connectivity index (χ1v) is 12.8. The van der Waals surface area contributed by atoms with Crippen LogP contribution in [0.25, 0.3) is 11.1 Å². The summed E-state index contributed by atoms with van der Waals surface area (Å²) in [7, 11) is 0. The summed E-state index contributed by atoms with van der Waals surface area (Å²) in [4.78, 5) is 25.4. The monoisotopic (exact) mass is 476 g/mol. The van der Waals surface area contributed by atoms with Crippen molar-refractivity contribution < 1.29 is 14.3 Å². The van der Waals surface area contributed by atoms with Crippen molar-refractivity contribution in [3.63, 3.8) is 0 Å². The smallest absolute Gasteiger partial charge is 0.246 e. The molecule has 0 bridgehead atoms. The average Bonchev–Trinajstić information content (AvgIpc) is 2.87. The number of carbonyl (C=O) groups is 2. The summed E-state index contributed by atoms with van der Waals surface area (Å²) >= 11 is 1.69. The van der Waals surface area contributed by atoms with Crippen LogP contribution in [0, 0.1) is 0 Å². The molecule has 5 nitrogen and oxygen atoms in total. The van der Waals surface area contributed by atoms with Crippen molar-refractivity contribution in [2.75, 3.05) is 24.7 Å². The summed E-state index contributed by atoms with van der Waals surface area (Å²) in [5, 5.41) is 5.85. The van der Waals surface area contributed by atoms with Crippen molar-refractivity contribution >= 4 is 29.3 Å². The molecule has 0 aliphatic heterocycles. The van der Waals surface area contributed by atoms with Crippen LogP contribution in [-0.4, -0.2) is 31.2 Å². The number of unbranched alkanes of at least 4 members (excludes halogenated alkanes) is 2. The van der Waals surface area contributed by atoms with Gasteiger partial charge >= 0.3 is 0 Å². The number of nitrogens with one attached hydrogen (secondary N) is 2. The van der Waals surface area contributed by atoms with E-state index < -0.39 is 0 Å². The van der Waals surface area contributed by atoms with Gasteiger partial charge in [-0.1, -0.05) is 61.0 Å². The first-order valence-electron chi connectivity index (χ1n) is 11.6. The summed E-state index contributed by atoms with van der Waals surface area (Å²) in [6.45, 7) is 1.06. The van der Waals surface area contributed by atoms with Gasteiger partial charge in [-0.15, -0.1) is 11.8 Å². The van der Waals surface area contributed by atoms with Gasteiger partial charge in [0, 0.05) is 23.5 Å². The Morgan fingerprint density at radius 3 is 2.35 bits per heavy atom. The SMILES string of the molecule is CSc1ccc(COCC(=O)NCCCCCC(=O)Nc2cccc(-c3ccccc3)c2)cc1. The predicted molar refractivity (Wildman–Crippen MR) is 140 cm³/mol. The van der Waals surface area contributed by atoms with E-state index in [1.807, 2.05) is 73.0 Å². The molecule has 6 heteroatoms. The van der Waals surface area contributed by atoms with Crippen LogP contribution in [0.15, 0.2) is 83.8 Å². The molecule has 2 amide bonds. The third-order valence-electron chi connectivity index (χ3n) is 5.32. The molecule has 0 fully saturated rings. The fraction of sp³-hybridized carbons (Fsp3) is 0.286. The molecule has 0 radical (unpaired) electrons. The first kappa shape index (κ1) is 25.5. The third-order valence-corrected chi connectivity index (χ3v) is 6.06. The highest BCUT2D eigenvalue weighted by atomic mass is 32.2. The van der Waals surface area contributed by atoms with E-state index in [9.17, 15) is 9.59 Å². The lowest BCUT2D eigenvalue weighted by atomic mass is 10.1. The molecule has 3 rings (SSSR count). The largest absolute Gasteiger partial charge is 0.367 e. The number of carbonyl (C=O) groups excluding carboxylic acids is 2. The van der Waals surface area contributed by atoms with Gasteiger partial charge in [0.2, 0.25) is 11.8 Å². The van der Waals surface area contributed by atoms with E-state index in [4.69, 9.17) is 4.74 Å². The second-order valence-corrected chi connectivity index (χ2v) is 8.88. The minimum atomic E-state index is -0.114. The topological polar surface area (TPSA) is 67.4 Å².